The van der Waals surface area contributed by atoms with Gasteiger partial charge in [-0.15, -0.1) is 0 Å². The second kappa shape index (κ2) is 7.11. The Bertz CT molecular complexity index is 938. The van der Waals surface area contributed by atoms with Crippen LogP contribution >= 0.6 is 0 Å². The van der Waals surface area contributed by atoms with Crippen LogP contribution in [0, 0.1) is 13.8 Å². The lowest BCUT2D eigenvalue weighted by Gasteiger charge is -2.25. The van der Waals surface area contributed by atoms with Crippen molar-refractivity contribution in [3.8, 4) is 0 Å². The minimum absolute atomic E-state index is 0.0473. The molecule has 0 saturated carbocycles. The molecule has 0 aromatic heterocycles. The summed E-state index contributed by atoms with van der Waals surface area (Å²) >= 11 is 0. The molecule has 2 aromatic carbocycles. The first-order valence-electron chi connectivity index (χ1n) is 8.70. The quantitative estimate of drug-likeness (QED) is 0.811. The molecule has 1 heterocycles. The van der Waals surface area contributed by atoms with Crippen molar-refractivity contribution in [3.05, 3.63) is 59.2 Å². The number of carbonyl (C=O) groups excluding carboxylic acids is 1. The van der Waals surface area contributed by atoms with E-state index < -0.39 is 10.0 Å². The molecular weight excluding hydrogens is 348 g/mol. The van der Waals surface area contributed by atoms with Gasteiger partial charge in [0.2, 0.25) is 15.9 Å². The SMILES string of the molecule is Cc1ccc(C)c(N(CCC(=O)N2CCc3ccccc32)S(C)(=O)=O)c1. The first kappa shape index (κ1) is 18.5. The predicted molar refractivity (Wildman–Crippen MR) is 105 cm³/mol. The number of rotatable bonds is 5. The smallest absolute Gasteiger partial charge is 0.232 e. The van der Waals surface area contributed by atoms with E-state index in [4.69, 9.17) is 0 Å². The molecule has 0 fully saturated rings. The summed E-state index contributed by atoms with van der Waals surface area (Å²) in [4.78, 5) is 14.5. The largest absolute Gasteiger partial charge is 0.312 e. The van der Waals surface area contributed by atoms with Crippen LogP contribution in [0.3, 0.4) is 0 Å². The zero-order valence-electron chi connectivity index (χ0n) is 15.4. The minimum Gasteiger partial charge on any atom is -0.312 e. The third kappa shape index (κ3) is 3.75. The number of para-hydroxylation sites is 1. The molecule has 0 saturated heterocycles. The third-order valence-corrected chi connectivity index (χ3v) is 5.93. The van der Waals surface area contributed by atoms with Crippen molar-refractivity contribution in [2.45, 2.75) is 26.7 Å². The predicted octanol–water partition coefficient (Wildman–Crippen LogP) is 3.05. The molecular formula is C20H24N2O3S. The van der Waals surface area contributed by atoms with Crippen molar-refractivity contribution in [2.24, 2.45) is 0 Å². The molecule has 0 atom stereocenters. The summed E-state index contributed by atoms with van der Waals surface area (Å²) in [6.07, 6.45) is 2.17. The standard InChI is InChI=1S/C20H24N2O3S/c1-15-8-9-16(2)19(14-15)22(26(3,24)25)13-11-20(23)21-12-10-17-6-4-5-7-18(17)21/h4-9,14H,10-13H2,1-3H3. The van der Waals surface area contributed by atoms with Crippen LogP contribution in [-0.2, 0) is 21.2 Å². The van der Waals surface area contributed by atoms with Crippen LogP contribution in [0.1, 0.15) is 23.1 Å². The summed E-state index contributed by atoms with van der Waals surface area (Å²) < 4.78 is 26.0. The van der Waals surface area contributed by atoms with E-state index in [-0.39, 0.29) is 18.9 Å². The summed E-state index contributed by atoms with van der Waals surface area (Å²) in [6, 6.07) is 13.6. The van der Waals surface area contributed by atoms with Crippen LogP contribution in [0.5, 0.6) is 0 Å². The lowest BCUT2D eigenvalue weighted by atomic mass is 10.1. The van der Waals surface area contributed by atoms with Gasteiger partial charge in [-0.1, -0.05) is 30.3 Å². The van der Waals surface area contributed by atoms with Gasteiger partial charge in [0.05, 0.1) is 11.9 Å². The number of carbonyl (C=O) groups is 1. The van der Waals surface area contributed by atoms with Gasteiger partial charge >= 0.3 is 0 Å². The maximum atomic E-state index is 12.7. The summed E-state index contributed by atoms with van der Waals surface area (Å²) in [7, 11) is -3.47. The van der Waals surface area contributed by atoms with E-state index in [1.165, 1.54) is 10.6 Å². The maximum absolute atomic E-state index is 12.7. The van der Waals surface area contributed by atoms with E-state index in [9.17, 15) is 13.2 Å². The van der Waals surface area contributed by atoms with E-state index in [0.29, 0.717) is 12.2 Å². The van der Waals surface area contributed by atoms with E-state index in [2.05, 4.69) is 0 Å². The Labute approximate surface area is 155 Å². The highest BCUT2D eigenvalue weighted by atomic mass is 32.2. The van der Waals surface area contributed by atoms with Crippen LogP contribution in [-0.4, -0.2) is 33.7 Å². The normalized spacial score (nSPS) is 13.6. The van der Waals surface area contributed by atoms with Gasteiger partial charge in [-0.3, -0.25) is 9.10 Å². The van der Waals surface area contributed by atoms with Crippen molar-refractivity contribution < 1.29 is 13.2 Å². The van der Waals surface area contributed by atoms with E-state index >= 15 is 0 Å². The van der Waals surface area contributed by atoms with Gasteiger partial charge in [-0.25, -0.2) is 8.42 Å². The molecule has 0 aliphatic carbocycles. The number of aryl methyl sites for hydroxylation is 2. The first-order valence-corrected chi connectivity index (χ1v) is 10.6. The van der Waals surface area contributed by atoms with E-state index in [1.807, 2.05) is 56.3 Å². The number of fused-ring (bicyclic) bond motifs is 1. The lowest BCUT2D eigenvalue weighted by Crippen LogP contribution is -2.36. The molecule has 0 unspecified atom stereocenters. The van der Waals surface area contributed by atoms with Crippen LogP contribution in [0.25, 0.3) is 0 Å². The number of nitrogens with zero attached hydrogens (tertiary/aromatic N) is 2. The lowest BCUT2D eigenvalue weighted by molar-refractivity contribution is -0.118. The molecule has 2 aromatic rings. The molecule has 1 aliphatic rings. The fourth-order valence-electron chi connectivity index (χ4n) is 3.38. The Morgan fingerprint density at radius 2 is 1.88 bits per heavy atom. The van der Waals surface area contributed by atoms with Crippen molar-refractivity contribution in [1.82, 2.24) is 0 Å². The highest BCUT2D eigenvalue weighted by Crippen LogP contribution is 2.29. The van der Waals surface area contributed by atoms with Crippen molar-refractivity contribution in [1.29, 1.82) is 0 Å². The molecule has 0 bridgehead atoms. The van der Waals surface area contributed by atoms with Crippen molar-refractivity contribution in [3.63, 3.8) is 0 Å². The number of hydrogen-bond acceptors (Lipinski definition) is 3. The summed E-state index contributed by atoms with van der Waals surface area (Å²) in [5, 5.41) is 0. The van der Waals surface area contributed by atoms with Crippen LogP contribution in [0.2, 0.25) is 0 Å². The van der Waals surface area contributed by atoms with Gasteiger partial charge in [0, 0.05) is 25.2 Å². The van der Waals surface area contributed by atoms with Crippen molar-refractivity contribution in [2.75, 3.05) is 28.6 Å². The van der Waals surface area contributed by atoms with Gasteiger partial charge in [-0.2, -0.15) is 0 Å². The average molecular weight is 372 g/mol. The topological polar surface area (TPSA) is 57.7 Å². The Hall–Kier alpha value is -2.34. The first-order chi connectivity index (χ1) is 12.3. The molecule has 0 N–H and O–H groups in total. The van der Waals surface area contributed by atoms with Gasteiger partial charge in [-0.05, 0) is 49.1 Å². The molecule has 6 heteroatoms. The number of hydrogen-bond donors (Lipinski definition) is 0. The van der Waals surface area contributed by atoms with Crippen LogP contribution < -0.4 is 9.21 Å². The second-order valence-corrected chi connectivity index (χ2v) is 8.71. The van der Waals surface area contributed by atoms with Crippen molar-refractivity contribution >= 4 is 27.3 Å². The molecule has 1 amide bonds. The Kier molecular flexibility index (Phi) is 5.05. The highest BCUT2D eigenvalue weighted by Gasteiger charge is 2.26. The fraction of sp³-hybridized carbons (Fsp3) is 0.350. The number of amides is 1. The summed E-state index contributed by atoms with van der Waals surface area (Å²) in [5.74, 6) is -0.0473. The van der Waals surface area contributed by atoms with Crippen LogP contribution in [0.15, 0.2) is 42.5 Å². The highest BCUT2D eigenvalue weighted by molar-refractivity contribution is 7.92. The van der Waals surface area contributed by atoms with Gasteiger partial charge in [0.15, 0.2) is 0 Å². The molecule has 138 valence electrons. The Balaban J connectivity index is 1.79. The van der Waals surface area contributed by atoms with Crippen LogP contribution in [0.4, 0.5) is 11.4 Å². The zero-order chi connectivity index (χ0) is 18.9. The Morgan fingerprint density at radius 1 is 1.15 bits per heavy atom. The summed E-state index contributed by atoms with van der Waals surface area (Å²) in [6.45, 7) is 4.60. The molecule has 5 nitrogen and oxygen atoms in total. The summed E-state index contributed by atoms with van der Waals surface area (Å²) in [5.41, 5.74) is 4.60. The maximum Gasteiger partial charge on any atom is 0.232 e. The molecule has 1 aliphatic heterocycles. The number of benzene rings is 2. The van der Waals surface area contributed by atoms with E-state index in [1.54, 1.807) is 4.90 Å². The molecule has 26 heavy (non-hydrogen) atoms. The van der Waals surface area contributed by atoms with Gasteiger partial charge in [0.1, 0.15) is 0 Å². The second-order valence-electron chi connectivity index (χ2n) is 6.80. The molecule has 0 radical (unpaired) electrons. The monoisotopic (exact) mass is 372 g/mol. The number of anilines is 2. The third-order valence-electron chi connectivity index (χ3n) is 4.75. The average Bonchev–Trinajstić information content (AvgIpc) is 3.01. The zero-order valence-corrected chi connectivity index (χ0v) is 16.2. The minimum atomic E-state index is -3.47. The Morgan fingerprint density at radius 3 is 2.62 bits per heavy atom. The van der Waals surface area contributed by atoms with E-state index in [0.717, 1.165) is 28.8 Å². The van der Waals surface area contributed by atoms with Gasteiger partial charge in [0.25, 0.3) is 0 Å². The molecule has 0 spiro atoms. The molecule has 3 rings (SSSR count). The fourth-order valence-corrected chi connectivity index (χ4v) is 4.36. The van der Waals surface area contributed by atoms with Gasteiger partial charge < -0.3 is 4.90 Å². The number of sulfonamides is 1.